The van der Waals surface area contributed by atoms with E-state index in [-0.39, 0.29) is 0 Å². The zero-order chi connectivity index (χ0) is 37.5. The summed E-state index contributed by atoms with van der Waals surface area (Å²) < 4.78 is 8.98. The van der Waals surface area contributed by atoms with Crippen LogP contribution in [0.5, 0.6) is 0 Å². The van der Waals surface area contributed by atoms with Crippen molar-refractivity contribution >= 4 is 72.7 Å². The Morgan fingerprint density at radius 1 is 0.456 bits per heavy atom. The highest BCUT2D eigenvalue weighted by Crippen LogP contribution is 2.41. The van der Waals surface area contributed by atoms with E-state index in [0.29, 0.717) is 0 Å². The first kappa shape index (κ1) is 32.0. The molecule has 8 aromatic carbocycles. The SMILES string of the molecule is c1ccc(-c2nc(-c3ccc(-n4c5ccccc5c5ccc6c7ccccc7oc6c54)cc3)nc3c2-c2ccccc2[Si]3(c2ccccc2)c2ccccc2)cc1. The molecule has 11 aromatic rings. The molecule has 0 N–H and O–H groups in total. The minimum atomic E-state index is -2.88. The highest BCUT2D eigenvalue weighted by atomic mass is 28.3. The van der Waals surface area contributed by atoms with Gasteiger partial charge < -0.3 is 8.98 Å². The van der Waals surface area contributed by atoms with E-state index in [0.717, 1.165) is 72.2 Å². The molecule has 0 atom stereocenters. The molecule has 0 fully saturated rings. The summed E-state index contributed by atoms with van der Waals surface area (Å²) in [7, 11) is -2.88. The normalized spacial score (nSPS) is 13.1. The van der Waals surface area contributed by atoms with Gasteiger partial charge in [-0.2, -0.15) is 0 Å². The first-order valence-electron chi connectivity index (χ1n) is 19.4. The first-order valence-corrected chi connectivity index (χ1v) is 21.4. The van der Waals surface area contributed by atoms with Gasteiger partial charge in [-0.1, -0.05) is 158 Å². The summed E-state index contributed by atoms with van der Waals surface area (Å²) in [5.41, 5.74) is 10.4. The van der Waals surface area contributed by atoms with Crippen molar-refractivity contribution in [3.05, 3.63) is 200 Å². The number of fused-ring (bicyclic) bond motifs is 10. The first-order chi connectivity index (χ1) is 28.3. The van der Waals surface area contributed by atoms with Crippen LogP contribution >= 0.6 is 0 Å². The standard InChI is InChI=1S/C52H33N3OSi/c1-4-16-34(17-5-1)48-47-43-24-12-15-27-46(43)57(37-18-6-2-7-19-37,38-20-8-3-9-21-38)52(47)54-51(53-48)35-28-30-36(31-29-35)55-44-25-13-10-22-39(44)41-32-33-42-40-23-11-14-26-45(40)56-50(42)49(41)55/h1-33H. The summed E-state index contributed by atoms with van der Waals surface area (Å²) in [6.45, 7) is 0. The molecule has 0 radical (unpaired) electrons. The van der Waals surface area contributed by atoms with Crippen LogP contribution in [0.4, 0.5) is 0 Å². The summed E-state index contributed by atoms with van der Waals surface area (Å²) >= 11 is 0. The Morgan fingerprint density at radius 2 is 1.07 bits per heavy atom. The Morgan fingerprint density at radius 3 is 1.82 bits per heavy atom. The van der Waals surface area contributed by atoms with E-state index >= 15 is 0 Å². The summed E-state index contributed by atoms with van der Waals surface area (Å²) in [6, 6.07) is 71.8. The van der Waals surface area contributed by atoms with Crippen molar-refractivity contribution < 1.29 is 4.42 Å². The van der Waals surface area contributed by atoms with E-state index in [2.05, 4.69) is 199 Å². The van der Waals surface area contributed by atoms with Crippen molar-refractivity contribution in [1.29, 1.82) is 0 Å². The largest absolute Gasteiger partial charge is 0.454 e. The minimum Gasteiger partial charge on any atom is -0.454 e. The van der Waals surface area contributed by atoms with Gasteiger partial charge in [0.15, 0.2) is 11.4 Å². The lowest BCUT2D eigenvalue weighted by Gasteiger charge is -2.30. The monoisotopic (exact) mass is 743 g/mol. The molecule has 4 nitrogen and oxygen atoms in total. The maximum Gasteiger partial charge on any atom is 0.203 e. The van der Waals surface area contributed by atoms with E-state index in [1.165, 1.54) is 31.9 Å². The van der Waals surface area contributed by atoms with Crippen molar-refractivity contribution in [2.45, 2.75) is 0 Å². The van der Waals surface area contributed by atoms with Gasteiger partial charge in [-0.15, -0.1) is 0 Å². The molecule has 0 saturated heterocycles. The molecule has 0 aliphatic carbocycles. The number of benzene rings is 8. The molecule has 1 aliphatic rings. The smallest absolute Gasteiger partial charge is 0.203 e. The number of furan rings is 1. The Labute approximate surface area is 330 Å². The number of nitrogens with zero attached hydrogens (tertiary/aromatic N) is 3. The molecule has 0 amide bonds. The van der Waals surface area contributed by atoms with Gasteiger partial charge in [0.1, 0.15) is 5.58 Å². The molecule has 1 aliphatic heterocycles. The van der Waals surface area contributed by atoms with Crippen LogP contribution in [0.1, 0.15) is 0 Å². The molecule has 0 saturated carbocycles. The van der Waals surface area contributed by atoms with Crippen LogP contribution in [0.25, 0.3) is 83.2 Å². The average Bonchev–Trinajstić information content (AvgIpc) is 3.94. The maximum atomic E-state index is 6.63. The van der Waals surface area contributed by atoms with Gasteiger partial charge in [0, 0.05) is 43.9 Å². The highest BCUT2D eigenvalue weighted by Gasteiger charge is 2.51. The third kappa shape index (κ3) is 4.55. The topological polar surface area (TPSA) is 43.9 Å². The van der Waals surface area contributed by atoms with Gasteiger partial charge in [-0.05, 0) is 63.6 Å². The maximum absolute atomic E-state index is 6.63. The zero-order valence-electron chi connectivity index (χ0n) is 30.8. The van der Waals surface area contributed by atoms with Crippen molar-refractivity contribution in [3.8, 4) is 39.5 Å². The van der Waals surface area contributed by atoms with Gasteiger partial charge >= 0.3 is 0 Å². The summed E-state index contributed by atoms with van der Waals surface area (Å²) in [6.07, 6.45) is 0. The van der Waals surface area contributed by atoms with Gasteiger partial charge in [0.2, 0.25) is 8.07 Å². The van der Waals surface area contributed by atoms with Crippen molar-refractivity contribution in [2.24, 2.45) is 0 Å². The second-order valence-electron chi connectivity index (χ2n) is 14.8. The fourth-order valence-electron chi connectivity index (χ4n) is 9.46. The second-order valence-corrected chi connectivity index (χ2v) is 18.5. The van der Waals surface area contributed by atoms with Crippen LogP contribution in [0.3, 0.4) is 0 Å². The van der Waals surface area contributed by atoms with Crippen LogP contribution in [0, 0.1) is 0 Å². The van der Waals surface area contributed by atoms with Gasteiger partial charge in [0.25, 0.3) is 0 Å². The average molecular weight is 744 g/mol. The lowest BCUT2D eigenvalue weighted by atomic mass is 10.0. The summed E-state index contributed by atoms with van der Waals surface area (Å²) in [4.78, 5) is 11.2. The Kier molecular flexibility index (Phi) is 6.91. The van der Waals surface area contributed by atoms with Crippen molar-refractivity contribution in [2.75, 3.05) is 0 Å². The van der Waals surface area contributed by atoms with Crippen LogP contribution in [-0.2, 0) is 0 Å². The van der Waals surface area contributed by atoms with E-state index in [9.17, 15) is 0 Å². The number of para-hydroxylation sites is 2. The van der Waals surface area contributed by atoms with E-state index in [1.54, 1.807) is 0 Å². The van der Waals surface area contributed by atoms with Crippen LogP contribution in [0.2, 0.25) is 0 Å². The Hall–Kier alpha value is -7.34. The van der Waals surface area contributed by atoms with E-state index in [4.69, 9.17) is 14.4 Å². The molecule has 0 bridgehead atoms. The number of rotatable bonds is 5. The third-order valence-electron chi connectivity index (χ3n) is 11.9. The molecule has 3 aromatic heterocycles. The predicted molar refractivity (Wildman–Crippen MR) is 237 cm³/mol. The van der Waals surface area contributed by atoms with E-state index in [1.807, 2.05) is 6.07 Å². The fraction of sp³-hybridized carbons (Fsp3) is 0. The summed E-state index contributed by atoms with van der Waals surface area (Å²) in [5.74, 6) is 0.720. The second kappa shape index (κ2) is 12.3. The molecular weight excluding hydrogens is 711 g/mol. The van der Waals surface area contributed by atoms with E-state index < -0.39 is 8.07 Å². The number of hydrogen-bond donors (Lipinski definition) is 0. The van der Waals surface area contributed by atoms with Gasteiger partial charge in [-0.3, -0.25) is 0 Å². The zero-order valence-corrected chi connectivity index (χ0v) is 31.8. The predicted octanol–water partition coefficient (Wildman–Crippen LogP) is 10.2. The third-order valence-corrected chi connectivity index (χ3v) is 16.6. The molecule has 57 heavy (non-hydrogen) atoms. The molecule has 12 rings (SSSR count). The Bertz CT molecular complexity index is 3300. The minimum absolute atomic E-state index is 0.720. The molecular formula is C52H33N3OSi. The Balaban J connectivity index is 1.11. The number of aromatic nitrogens is 3. The molecule has 0 unspecified atom stereocenters. The van der Waals surface area contributed by atoms with Crippen molar-refractivity contribution in [3.63, 3.8) is 0 Å². The molecule has 5 heteroatoms. The lowest BCUT2D eigenvalue weighted by molar-refractivity contribution is 0.671. The highest BCUT2D eigenvalue weighted by molar-refractivity contribution is 7.21. The van der Waals surface area contributed by atoms with Gasteiger partial charge in [-0.25, -0.2) is 9.97 Å². The molecule has 0 spiro atoms. The molecule has 4 heterocycles. The lowest BCUT2D eigenvalue weighted by Crippen LogP contribution is -2.73. The number of hydrogen-bond acceptors (Lipinski definition) is 3. The molecule has 266 valence electrons. The van der Waals surface area contributed by atoms with Crippen molar-refractivity contribution in [1.82, 2.24) is 14.5 Å². The van der Waals surface area contributed by atoms with Crippen LogP contribution < -0.4 is 20.9 Å². The van der Waals surface area contributed by atoms with Gasteiger partial charge in [0.05, 0.1) is 22.0 Å². The van der Waals surface area contributed by atoms with Crippen LogP contribution in [0.15, 0.2) is 205 Å². The van der Waals surface area contributed by atoms with Crippen LogP contribution in [-0.4, -0.2) is 22.6 Å². The quantitative estimate of drug-likeness (QED) is 0.165. The fourth-order valence-corrected chi connectivity index (χ4v) is 14.5. The summed E-state index contributed by atoms with van der Waals surface area (Å²) in [5, 5.41) is 9.69.